The van der Waals surface area contributed by atoms with E-state index in [0.29, 0.717) is 5.92 Å². The van der Waals surface area contributed by atoms with Crippen LogP contribution in [-0.4, -0.2) is 10.7 Å². The second kappa shape index (κ2) is 9.94. The normalized spacial score (nSPS) is 16.8. The van der Waals surface area contributed by atoms with Crippen LogP contribution in [0.5, 0.6) is 0 Å². The third-order valence-corrected chi connectivity index (χ3v) is 4.21. The maximum Gasteiger partial charge on any atom is 0.0645 e. The van der Waals surface area contributed by atoms with Gasteiger partial charge in [0.2, 0.25) is 0 Å². The topological polar surface area (TPSA) is 20.2 Å². The van der Waals surface area contributed by atoms with Crippen molar-refractivity contribution in [3.8, 4) is 0 Å². The summed E-state index contributed by atoms with van der Waals surface area (Å²) in [6, 6.07) is 0. The fraction of sp³-hybridized carbons (Fsp3) is 1.00. The maximum atomic E-state index is 10.3. The van der Waals surface area contributed by atoms with Crippen LogP contribution in [0.3, 0.4) is 0 Å². The Balaban J connectivity index is 3.38. The molecule has 0 aliphatic carbocycles. The van der Waals surface area contributed by atoms with Crippen LogP contribution in [0.15, 0.2) is 0 Å². The molecule has 0 saturated carbocycles. The highest BCUT2D eigenvalue weighted by Gasteiger charge is 2.25. The lowest BCUT2D eigenvalue weighted by atomic mass is 9.84. The molecule has 0 aliphatic rings. The Labute approximate surface area is 109 Å². The molecule has 0 fully saturated rings. The summed E-state index contributed by atoms with van der Waals surface area (Å²) in [6.07, 6.45) is 12.8. The van der Waals surface area contributed by atoms with E-state index >= 15 is 0 Å². The summed E-state index contributed by atoms with van der Waals surface area (Å²) >= 11 is 0. The largest absolute Gasteiger partial charge is 0.390 e. The third-order valence-electron chi connectivity index (χ3n) is 4.21. The molecule has 0 aromatic rings. The highest BCUT2D eigenvalue weighted by molar-refractivity contribution is 4.77. The van der Waals surface area contributed by atoms with Crippen LogP contribution in [-0.2, 0) is 0 Å². The van der Waals surface area contributed by atoms with Crippen molar-refractivity contribution < 1.29 is 5.11 Å². The van der Waals surface area contributed by atoms with E-state index in [4.69, 9.17) is 0 Å². The Kier molecular flexibility index (Phi) is 9.91. The van der Waals surface area contributed by atoms with E-state index in [1.165, 1.54) is 51.4 Å². The second-order valence-corrected chi connectivity index (χ2v) is 5.89. The Morgan fingerprint density at radius 1 is 0.882 bits per heavy atom. The molecule has 0 aliphatic heterocycles. The first-order valence-corrected chi connectivity index (χ1v) is 7.77. The summed E-state index contributed by atoms with van der Waals surface area (Å²) < 4.78 is 0. The van der Waals surface area contributed by atoms with Crippen LogP contribution in [0, 0.1) is 5.92 Å². The van der Waals surface area contributed by atoms with Gasteiger partial charge in [-0.05, 0) is 19.3 Å². The van der Waals surface area contributed by atoms with Crippen molar-refractivity contribution in [2.75, 3.05) is 0 Å². The summed E-state index contributed by atoms with van der Waals surface area (Å²) in [7, 11) is 0. The Morgan fingerprint density at radius 3 is 1.82 bits per heavy atom. The van der Waals surface area contributed by atoms with Gasteiger partial charge in [0.25, 0.3) is 0 Å². The van der Waals surface area contributed by atoms with Crippen LogP contribution >= 0.6 is 0 Å². The predicted octanol–water partition coefficient (Wildman–Crippen LogP) is 5.31. The van der Waals surface area contributed by atoms with E-state index in [0.717, 1.165) is 12.8 Å². The Morgan fingerprint density at radius 2 is 1.35 bits per heavy atom. The molecule has 1 heteroatoms. The summed E-state index contributed by atoms with van der Waals surface area (Å²) in [4.78, 5) is 0. The number of unbranched alkanes of at least 4 members (excludes halogenated alkanes) is 7. The number of hydrogen-bond acceptors (Lipinski definition) is 1. The molecular formula is C16H34O. The first-order valence-electron chi connectivity index (χ1n) is 7.77. The molecule has 0 rings (SSSR count). The van der Waals surface area contributed by atoms with Crippen molar-refractivity contribution in [1.29, 1.82) is 0 Å². The molecule has 0 spiro atoms. The molecule has 0 heterocycles. The molecular weight excluding hydrogens is 208 g/mol. The van der Waals surface area contributed by atoms with E-state index in [1.54, 1.807) is 0 Å². The van der Waals surface area contributed by atoms with Crippen LogP contribution in [0.25, 0.3) is 0 Å². The van der Waals surface area contributed by atoms with Gasteiger partial charge in [0.05, 0.1) is 5.60 Å². The van der Waals surface area contributed by atoms with Gasteiger partial charge in [-0.1, -0.05) is 78.6 Å². The van der Waals surface area contributed by atoms with Gasteiger partial charge in [0.15, 0.2) is 0 Å². The fourth-order valence-electron chi connectivity index (χ4n) is 2.30. The van der Waals surface area contributed by atoms with Gasteiger partial charge in [-0.2, -0.15) is 0 Å². The minimum atomic E-state index is -0.447. The van der Waals surface area contributed by atoms with E-state index in [9.17, 15) is 5.11 Å². The van der Waals surface area contributed by atoms with Gasteiger partial charge in [-0.25, -0.2) is 0 Å². The minimum Gasteiger partial charge on any atom is -0.390 e. The molecule has 0 amide bonds. The highest BCUT2D eigenvalue weighted by atomic mass is 16.3. The van der Waals surface area contributed by atoms with Gasteiger partial charge >= 0.3 is 0 Å². The molecule has 0 radical (unpaired) electrons. The molecule has 0 aromatic heterocycles. The first kappa shape index (κ1) is 17.0. The molecule has 1 N–H and O–H groups in total. The predicted molar refractivity (Wildman–Crippen MR) is 77.3 cm³/mol. The van der Waals surface area contributed by atoms with E-state index in [1.807, 2.05) is 6.92 Å². The van der Waals surface area contributed by atoms with E-state index in [-0.39, 0.29) is 0 Å². The van der Waals surface area contributed by atoms with E-state index in [2.05, 4.69) is 20.8 Å². The summed E-state index contributed by atoms with van der Waals surface area (Å²) in [6.45, 7) is 8.58. The maximum absolute atomic E-state index is 10.3. The zero-order valence-electron chi connectivity index (χ0n) is 12.6. The summed E-state index contributed by atoms with van der Waals surface area (Å²) in [5.41, 5.74) is -0.447. The molecule has 1 nitrogen and oxygen atoms in total. The van der Waals surface area contributed by atoms with Crippen LogP contribution < -0.4 is 0 Å². The van der Waals surface area contributed by atoms with Crippen molar-refractivity contribution in [2.45, 2.75) is 97.5 Å². The molecule has 0 saturated heterocycles. The van der Waals surface area contributed by atoms with Crippen molar-refractivity contribution in [3.05, 3.63) is 0 Å². The molecule has 2 atom stereocenters. The van der Waals surface area contributed by atoms with Gasteiger partial charge in [0, 0.05) is 0 Å². The van der Waals surface area contributed by atoms with Crippen molar-refractivity contribution >= 4 is 0 Å². The SMILES string of the molecule is CCCCCCCCCCC(C)(O)C(C)CC. The number of rotatable bonds is 11. The second-order valence-electron chi connectivity index (χ2n) is 5.89. The van der Waals surface area contributed by atoms with Crippen LogP contribution in [0.2, 0.25) is 0 Å². The third kappa shape index (κ3) is 8.65. The van der Waals surface area contributed by atoms with Crippen LogP contribution in [0.4, 0.5) is 0 Å². The van der Waals surface area contributed by atoms with Crippen molar-refractivity contribution in [1.82, 2.24) is 0 Å². The molecule has 2 unspecified atom stereocenters. The molecule has 0 bridgehead atoms. The average Bonchev–Trinajstić information content (AvgIpc) is 2.31. The lowest BCUT2D eigenvalue weighted by Gasteiger charge is -2.29. The van der Waals surface area contributed by atoms with Gasteiger partial charge < -0.3 is 5.11 Å². The van der Waals surface area contributed by atoms with Crippen molar-refractivity contribution in [3.63, 3.8) is 0 Å². The quantitative estimate of drug-likeness (QED) is 0.486. The zero-order valence-corrected chi connectivity index (χ0v) is 12.6. The van der Waals surface area contributed by atoms with Gasteiger partial charge in [0.1, 0.15) is 0 Å². The standard InChI is InChI=1S/C16H34O/c1-5-7-8-9-10-11-12-13-14-16(4,17)15(3)6-2/h15,17H,5-14H2,1-4H3. The van der Waals surface area contributed by atoms with Gasteiger partial charge in [-0.15, -0.1) is 0 Å². The highest BCUT2D eigenvalue weighted by Crippen LogP contribution is 2.26. The number of hydrogen-bond donors (Lipinski definition) is 1. The minimum absolute atomic E-state index is 0.423. The summed E-state index contributed by atoms with van der Waals surface area (Å²) in [5.74, 6) is 0.423. The first-order chi connectivity index (χ1) is 8.04. The lowest BCUT2D eigenvalue weighted by Crippen LogP contribution is -2.32. The van der Waals surface area contributed by atoms with E-state index < -0.39 is 5.60 Å². The fourth-order valence-corrected chi connectivity index (χ4v) is 2.30. The number of aliphatic hydroxyl groups is 1. The Hall–Kier alpha value is -0.0400. The van der Waals surface area contributed by atoms with Gasteiger partial charge in [-0.3, -0.25) is 0 Å². The summed E-state index contributed by atoms with van der Waals surface area (Å²) in [5, 5.41) is 10.3. The smallest absolute Gasteiger partial charge is 0.0645 e. The lowest BCUT2D eigenvalue weighted by molar-refractivity contribution is -0.00534. The van der Waals surface area contributed by atoms with Crippen LogP contribution in [0.1, 0.15) is 91.9 Å². The molecule has 104 valence electrons. The monoisotopic (exact) mass is 242 g/mol. The molecule has 17 heavy (non-hydrogen) atoms. The Bertz CT molecular complexity index is 163. The zero-order chi connectivity index (χ0) is 13.1. The van der Waals surface area contributed by atoms with Crippen molar-refractivity contribution in [2.24, 2.45) is 5.92 Å². The average molecular weight is 242 g/mol. The molecule has 0 aromatic carbocycles.